The van der Waals surface area contributed by atoms with Gasteiger partial charge in [-0.2, -0.15) is 21.6 Å². The van der Waals surface area contributed by atoms with Crippen molar-refractivity contribution in [3.05, 3.63) is 23.9 Å². The van der Waals surface area contributed by atoms with E-state index in [2.05, 4.69) is 24.0 Å². The fourth-order valence-electron chi connectivity index (χ4n) is 3.42. The normalized spacial score (nSPS) is 12.9. The van der Waals surface area contributed by atoms with Crippen molar-refractivity contribution in [2.45, 2.75) is 51.5 Å². The Bertz CT molecular complexity index is 1370. The zero-order chi connectivity index (χ0) is 27.1. The van der Waals surface area contributed by atoms with Crippen LogP contribution in [0.25, 0.3) is 22.4 Å². The summed E-state index contributed by atoms with van der Waals surface area (Å²) < 4.78 is 115. The molecule has 198 valence electrons. The van der Waals surface area contributed by atoms with Gasteiger partial charge in [-0.05, 0) is 31.9 Å². The molecule has 0 radical (unpaired) electrons. The number of methoxy groups -OCH3 is 1. The Morgan fingerprint density at radius 2 is 1.69 bits per heavy atom. The summed E-state index contributed by atoms with van der Waals surface area (Å²) >= 11 is 0. The molecule has 2 heterocycles. The number of rotatable bonds is 8. The third-order valence-corrected chi connectivity index (χ3v) is 6.04. The molecule has 0 atom stereocenters. The lowest BCUT2D eigenvalue weighted by Gasteiger charge is -2.15. The largest absolute Gasteiger partial charge is 0.573 e. The summed E-state index contributed by atoms with van der Waals surface area (Å²) in [6.07, 6.45) is -3.99. The fraction of sp³-hybridized carbons (Fsp3) is 0.450. The van der Waals surface area contributed by atoms with Crippen LogP contribution in [0.3, 0.4) is 0 Å². The minimum atomic E-state index is -6.08. The van der Waals surface area contributed by atoms with Crippen molar-refractivity contribution in [3.8, 4) is 28.6 Å². The maximum atomic E-state index is 13.0. The second-order valence-electron chi connectivity index (χ2n) is 7.44. The van der Waals surface area contributed by atoms with Crippen LogP contribution >= 0.6 is 0 Å². The summed E-state index contributed by atoms with van der Waals surface area (Å²) in [4.78, 5) is 8.60. The lowest BCUT2D eigenvalue weighted by Crippen LogP contribution is -2.28. The molecule has 0 saturated carbocycles. The number of fused-ring (bicyclic) bond motifs is 1. The molecule has 0 N–H and O–H groups in total. The Balaban J connectivity index is 2.25. The van der Waals surface area contributed by atoms with Gasteiger partial charge in [0, 0.05) is 11.6 Å². The first kappa shape index (κ1) is 27.3. The summed E-state index contributed by atoms with van der Waals surface area (Å²) in [6.45, 7) is 5.08. The summed E-state index contributed by atoms with van der Waals surface area (Å²) in [5.41, 5.74) is -5.85. The molecule has 3 aromatic rings. The second-order valence-corrected chi connectivity index (χ2v) is 8.98. The lowest BCUT2D eigenvalue weighted by atomic mass is 10.1. The topological polar surface area (TPSA) is 105 Å². The zero-order valence-electron chi connectivity index (χ0n) is 19.2. The van der Waals surface area contributed by atoms with Gasteiger partial charge in [-0.1, -0.05) is 13.8 Å². The van der Waals surface area contributed by atoms with E-state index in [0.717, 1.165) is 12.1 Å². The van der Waals surface area contributed by atoms with Gasteiger partial charge in [0.1, 0.15) is 11.5 Å². The van der Waals surface area contributed by atoms with Crippen molar-refractivity contribution >= 4 is 21.3 Å². The molecule has 0 aliphatic rings. The average molecular weight is 542 g/mol. The predicted molar refractivity (Wildman–Crippen MR) is 114 cm³/mol. The molecule has 1 aromatic carbocycles. The molecule has 0 saturated heterocycles. The first-order valence-electron chi connectivity index (χ1n) is 10.3. The molecule has 2 aromatic heterocycles. The Morgan fingerprint density at radius 3 is 2.22 bits per heavy atom. The molecule has 0 spiro atoms. The van der Waals surface area contributed by atoms with E-state index in [-0.39, 0.29) is 34.4 Å². The molecule has 0 amide bonds. The molecule has 0 unspecified atom stereocenters. The molecule has 36 heavy (non-hydrogen) atoms. The molecule has 0 bridgehead atoms. The Labute approximate surface area is 201 Å². The summed E-state index contributed by atoms with van der Waals surface area (Å²) in [7, 11) is -4.91. The third-order valence-electron chi connectivity index (χ3n) is 5.09. The van der Waals surface area contributed by atoms with Crippen LogP contribution in [0.4, 0.5) is 26.3 Å². The van der Waals surface area contributed by atoms with Crippen LogP contribution in [0.1, 0.15) is 38.4 Å². The Morgan fingerprint density at radius 1 is 1.06 bits per heavy atom. The van der Waals surface area contributed by atoms with E-state index in [4.69, 9.17) is 4.74 Å². The predicted octanol–water partition coefficient (Wildman–Crippen LogP) is 5.30. The fourth-order valence-corrected chi connectivity index (χ4v) is 3.83. The van der Waals surface area contributed by atoms with Crippen LogP contribution < -0.4 is 13.7 Å². The van der Waals surface area contributed by atoms with E-state index in [9.17, 15) is 34.8 Å². The van der Waals surface area contributed by atoms with Crippen molar-refractivity contribution in [2.24, 2.45) is 0 Å². The summed E-state index contributed by atoms with van der Waals surface area (Å²) in [5, 5.41) is 3.92. The Kier molecular flexibility index (Phi) is 7.30. The SMILES string of the molecule is CCC(CC)n1nc(OS(=O)(=O)C(F)(F)F)c2nc(-c3ccc(OC(F)(F)F)cc3OC)c(C)nc21. The smallest absolute Gasteiger partial charge is 0.496 e. The maximum absolute atomic E-state index is 13.0. The van der Waals surface area contributed by atoms with Gasteiger partial charge < -0.3 is 13.7 Å². The van der Waals surface area contributed by atoms with Gasteiger partial charge in [-0.15, -0.1) is 18.3 Å². The number of ether oxygens (including phenoxy) is 2. The van der Waals surface area contributed by atoms with E-state index in [1.807, 2.05) is 0 Å². The average Bonchev–Trinajstić information content (AvgIpc) is 3.08. The highest BCUT2D eigenvalue weighted by molar-refractivity contribution is 7.88. The molecule has 0 aliphatic carbocycles. The van der Waals surface area contributed by atoms with Crippen molar-refractivity contribution in [2.75, 3.05) is 7.11 Å². The van der Waals surface area contributed by atoms with Crippen LogP contribution in [0.5, 0.6) is 17.4 Å². The zero-order valence-corrected chi connectivity index (χ0v) is 20.0. The monoisotopic (exact) mass is 542 g/mol. The highest BCUT2D eigenvalue weighted by Gasteiger charge is 2.49. The molecule has 0 aliphatic heterocycles. The molecular formula is C20H20F6N4O5S. The van der Waals surface area contributed by atoms with Crippen molar-refractivity contribution in [3.63, 3.8) is 0 Å². The highest BCUT2D eigenvalue weighted by Crippen LogP contribution is 2.38. The van der Waals surface area contributed by atoms with Crippen molar-refractivity contribution in [1.29, 1.82) is 0 Å². The van der Waals surface area contributed by atoms with Crippen molar-refractivity contribution < 1.29 is 48.4 Å². The summed E-state index contributed by atoms with van der Waals surface area (Å²) in [5.74, 6) is -1.65. The number of hydrogen-bond acceptors (Lipinski definition) is 8. The molecular weight excluding hydrogens is 522 g/mol. The lowest BCUT2D eigenvalue weighted by molar-refractivity contribution is -0.274. The van der Waals surface area contributed by atoms with E-state index in [1.165, 1.54) is 24.8 Å². The van der Waals surface area contributed by atoms with Gasteiger partial charge in [0.25, 0.3) is 5.88 Å². The van der Waals surface area contributed by atoms with Crippen LogP contribution in [0, 0.1) is 6.92 Å². The number of aryl methyl sites for hydroxylation is 1. The molecule has 3 rings (SSSR count). The molecule has 16 heteroatoms. The van der Waals surface area contributed by atoms with E-state index in [0.29, 0.717) is 12.8 Å². The summed E-state index contributed by atoms with van der Waals surface area (Å²) in [6, 6.07) is 2.73. The minimum Gasteiger partial charge on any atom is -0.496 e. The van der Waals surface area contributed by atoms with E-state index >= 15 is 0 Å². The van der Waals surface area contributed by atoms with Gasteiger partial charge in [-0.25, -0.2) is 14.6 Å². The van der Waals surface area contributed by atoms with Gasteiger partial charge >= 0.3 is 22.0 Å². The molecule has 9 nitrogen and oxygen atoms in total. The van der Waals surface area contributed by atoms with E-state index in [1.54, 1.807) is 13.8 Å². The van der Waals surface area contributed by atoms with Gasteiger partial charge in [0.05, 0.1) is 24.5 Å². The number of nitrogens with zero attached hydrogens (tertiary/aromatic N) is 4. The van der Waals surface area contributed by atoms with E-state index < -0.39 is 39.1 Å². The van der Waals surface area contributed by atoms with Crippen LogP contribution in [0.2, 0.25) is 0 Å². The maximum Gasteiger partial charge on any atom is 0.573 e. The number of alkyl halides is 6. The third kappa shape index (κ3) is 5.42. The number of halogens is 6. The first-order chi connectivity index (χ1) is 16.6. The quantitative estimate of drug-likeness (QED) is 0.215. The first-order valence-corrected chi connectivity index (χ1v) is 11.7. The van der Waals surface area contributed by atoms with Crippen LogP contribution in [0.15, 0.2) is 18.2 Å². The van der Waals surface area contributed by atoms with Crippen LogP contribution in [-0.2, 0) is 10.1 Å². The number of aromatic nitrogens is 4. The number of benzene rings is 1. The van der Waals surface area contributed by atoms with Crippen molar-refractivity contribution in [1.82, 2.24) is 19.7 Å². The second kappa shape index (κ2) is 9.63. The Hall–Kier alpha value is -3.30. The van der Waals surface area contributed by atoms with Gasteiger partial charge in [-0.3, -0.25) is 0 Å². The molecule has 0 fully saturated rings. The number of hydrogen-bond donors (Lipinski definition) is 0. The van der Waals surface area contributed by atoms with Gasteiger partial charge in [0.2, 0.25) is 0 Å². The van der Waals surface area contributed by atoms with Crippen LogP contribution in [-0.4, -0.2) is 47.1 Å². The minimum absolute atomic E-state index is 0.0173. The highest BCUT2D eigenvalue weighted by atomic mass is 32.2. The standard InChI is InChI=1S/C20H20F6N4O5S/c1-5-11(6-2)30-17-16(18(29-30)35-36(31,32)20(24,25)26)28-15(10(3)27-17)13-8-7-12(9-14(13)33-4)34-19(21,22)23/h7-9,11H,5-6H2,1-4H3. The van der Waals surface area contributed by atoms with Gasteiger partial charge in [0.15, 0.2) is 11.2 Å².